The lowest BCUT2D eigenvalue weighted by molar-refractivity contribution is 0.00195. The minimum Gasteiger partial charge on any atom is -0.444 e. The Morgan fingerprint density at radius 2 is 1.50 bits per heavy atom. The third-order valence-electron chi connectivity index (χ3n) is 4.15. The van der Waals surface area contributed by atoms with Gasteiger partial charge in [0.1, 0.15) is 11.2 Å². The number of ether oxygens (including phenoxy) is 2. The van der Waals surface area contributed by atoms with Gasteiger partial charge in [-0.2, -0.15) is 0 Å². The Morgan fingerprint density at radius 3 is 1.86 bits per heavy atom. The van der Waals surface area contributed by atoms with Crippen LogP contribution in [0.15, 0.2) is 28.8 Å². The summed E-state index contributed by atoms with van der Waals surface area (Å²) >= 11 is 0. The summed E-state index contributed by atoms with van der Waals surface area (Å²) < 4.78 is 11.0. The Morgan fingerprint density at radius 1 is 1.00 bits per heavy atom. The quantitative estimate of drug-likeness (QED) is 0.695. The van der Waals surface area contributed by atoms with E-state index in [0.29, 0.717) is 19.5 Å². The molecule has 0 N–H and O–H groups in total. The zero-order chi connectivity index (χ0) is 21.1. The second-order valence-corrected chi connectivity index (χ2v) is 8.98. The first-order valence-corrected chi connectivity index (χ1v) is 9.82. The smallest absolute Gasteiger partial charge is 0.413 e. The fourth-order valence-electron chi connectivity index (χ4n) is 2.85. The lowest BCUT2D eigenvalue weighted by atomic mass is 10.0. The van der Waals surface area contributed by atoms with Crippen molar-refractivity contribution < 1.29 is 19.1 Å². The standard InChI is InChI=1S/C21H33N3O4/c1-8-15-9-11-16(12-10-15)22-17-23(18(25)27-20(2,3)4)13-14-24(17)19(26)28-21(5,6)7/h9-11,17H,8,12-14H2,1-7H3. The lowest BCUT2D eigenvalue weighted by Gasteiger charge is -2.31. The van der Waals surface area contributed by atoms with E-state index >= 15 is 0 Å². The van der Waals surface area contributed by atoms with Gasteiger partial charge in [-0.3, -0.25) is 9.80 Å². The van der Waals surface area contributed by atoms with E-state index in [2.05, 4.69) is 13.0 Å². The van der Waals surface area contributed by atoms with Gasteiger partial charge in [0, 0.05) is 25.2 Å². The monoisotopic (exact) mass is 391 g/mol. The van der Waals surface area contributed by atoms with Crippen LogP contribution in [0.5, 0.6) is 0 Å². The van der Waals surface area contributed by atoms with Crippen LogP contribution in [0.3, 0.4) is 0 Å². The summed E-state index contributed by atoms with van der Waals surface area (Å²) in [7, 11) is 0. The molecule has 0 atom stereocenters. The molecule has 0 aromatic rings. The Hall–Kier alpha value is -2.31. The molecule has 156 valence electrons. The third-order valence-corrected chi connectivity index (χ3v) is 4.15. The van der Waals surface area contributed by atoms with Crippen molar-refractivity contribution in [2.45, 2.75) is 78.8 Å². The van der Waals surface area contributed by atoms with Gasteiger partial charge in [0.25, 0.3) is 0 Å². The predicted octanol–water partition coefficient (Wildman–Crippen LogP) is 4.50. The van der Waals surface area contributed by atoms with Crippen LogP contribution in [0.2, 0.25) is 0 Å². The van der Waals surface area contributed by atoms with E-state index in [1.807, 2.05) is 53.7 Å². The molecule has 1 saturated heterocycles. The van der Waals surface area contributed by atoms with Crippen molar-refractivity contribution in [3.8, 4) is 0 Å². The summed E-state index contributed by atoms with van der Waals surface area (Å²) in [6.45, 7) is 13.7. The van der Waals surface area contributed by atoms with Gasteiger partial charge in [-0.1, -0.05) is 24.6 Å². The van der Waals surface area contributed by atoms with Crippen LogP contribution < -0.4 is 0 Å². The van der Waals surface area contributed by atoms with Gasteiger partial charge in [-0.15, -0.1) is 0 Å². The topological polar surface area (TPSA) is 71.4 Å². The summed E-state index contributed by atoms with van der Waals surface area (Å²) in [6.07, 6.45) is 5.95. The molecule has 0 unspecified atom stereocenters. The number of carbonyl (C=O) groups excluding carboxylic acids is 2. The average Bonchev–Trinajstić information content (AvgIpc) is 2.96. The van der Waals surface area contributed by atoms with E-state index in [4.69, 9.17) is 14.5 Å². The predicted molar refractivity (Wildman–Crippen MR) is 109 cm³/mol. The molecule has 1 fully saturated rings. The van der Waals surface area contributed by atoms with Crippen LogP contribution >= 0.6 is 0 Å². The van der Waals surface area contributed by atoms with Gasteiger partial charge >= 0.3 is 12.2 Å². The van der Waals surface area contributed by atoms with E-state index in [1.54, 1.807) is 0 Å². The minimum absolute atomic E-state index is 0.343. The molecule has 2 aliphatic rings. The molecular formula is C21H33N3O4. The van der Waals surface area contributed by atoms with Crippen LogP contribution in [0.1, 0.15) is 61.3 Å². The largest absolute Gasteiger partial charge is 0.444 e. The second kappa shape index (κ2) is 8.37. The first-order chi connectivity index (χ1) is 12.9. The fourth-order valence-corrected chi connectivity index (χ4v) is 2.85. The average molecular weight is 392 g/mol. The summed E-state index contributed by atoms with van der Waals surface area (Å²) in [5.74, 6) is 0. The molecule has 1 heterocycles. The Labute approximate surface area is 168 Å². The minimum atomic E-state index is -0.777. The van der Waals surface area contributed by atoms with Crippen molar-refractivity contribution in [2.24, 2.45) is 4.99 Å². The van der Waals surface area contributed by atoms with E-state index in [-0.39, 0.29) is 0 Å². The second-order valence-electron chi connectivity index (χ2n) is 8.98. The SMILES string of the molecule is CCC1=CCC(=NC2N(C(=O)OC(C)(C)C)CCN2C(=O)OC(C)(C)C)C=C1. The van der Waals surface area contributed by atoms with Crippen molar-refractivity contribution in [1.82, 2.24) is 9.80 Å². The highest BCUT2D eigenvalue weighted by molar-refractivity contribution is 5.98. The molecule has 7 heteroatoms. The maximum Gasteiger partial charge on any atom is 0.413 e. The highest BCUT2D eigenvalue weighted by atomic mass is 16.6. The first-order valence-electron chi connectivity index (χ1n) is 9.82. The summed E-state index contributed by atoms with van der Waals surface area (Å²) in [5, 5.41) is 0. The van der Waals surface area contributed by atoms with E-state index < -0.39 is 29.7 Å². The van der Waals surface area contributed by atoms with Crippen molar-refractivity contribution >= 4 is 17.9 Å². The van der Waals surface area contributed by atoms with E-state index in [0.717, 1.165) is 12.1 Å². The number of amides is 2. The van der Waals surface area contributed by atoms with Gasteiger partial charge in [-0.05, 0) is 54.0 Å². The number of rotatable bonds is 2. The van der Waals surface area contributed by atoms with Crippen molar-refractivity contribution in [1.29, 1.82) is 0 Å². The molecule has 1 aliphatic carbocycles. The fraction of sp³-hybridized carbons (Fsp3) is 0.667. The maximum atomic E-state index is 12.7. The van der Waals surface area contributed by atoms with Crippen LogP contribution in [-0.2, 0) is 9.47 Å². The normalized spacial score (nSPS) is 19.8. The van der Waals surface area contributed by atoms with Gasteiger partial charge in [0.2, 0.25) is 6.29 Å². The Balaban J connectivity index is 2.26. The molecule has 0 saturated carbocycles. The van der Waals surface area contributed by atoms with E-state index in [1.165, 1.54) is 15.4 Å². The van der Waals surface area contributed by atoms with Crippen molar-refractivity contribution in [3.05, 3.63) is 23.8 Å². The maximum absolute atomic E-state index is 12.7. The number of nitrogens with zero attached hydrogens (tertiary/aromatic N) is 3. The Bertz CT molecular complexity index is 659. The number of hydrogen-bond acceptors (Lipinski definition) is 5. The molecule has 0 aromatic carbocycles. The lowest BCUT2D eigenvalue weighted by Crippen LogP contribution is -2.46. The van der Waals surface area contributed by atoms with Gasteiger partial charge < -0.3 is 9.47 Å². The molecule has 2 rings (SSSR count). The zero-order valence-electron chi connectivity index (χ0n) is 18.1. The highest BCUT2D eigenvalue weighted by Gasteiger charge is 2.41. The van der Waals surface area contributed by atoms with Gasteiger partial charge in [0.05, 0.1) is 0 Å². The summed E-state index contributed by atoms with van der Waals surface area (Å²) in [4.78, 5) is 33.0. The molecule has 0 spiro atoms. The highest BCUT2D eigenvalue weighted by Crippen LogP contribution is 2.24. The number of carbonyl (C=O) groups is 2. The molecule has 0 bridgehead atoms. The van der Waals surface area contributed by atoms with Gasteiger partial charge in [0.15, 0.2) is 0 Å². The molecule has 2 amide bonds. The molecular weight excluding hydrogens is 358 g/mol. The van der Waals surface area contributed by atoms with Crippen LogP contribution in [0, 0.1) is 0 Å². The zero-order valence-corrected chi connectivity index (χ0v) is 18.1. The number of aliphatic imine (C=N–C) groups is 1. The molecule has 28 heavy (non-hydrogen) atoms. The van der Waals surface area contributed by atoms with Crippen molar-refractivity contribution in [2.75, 3.05) is 13.1 Å². The Kier molecular flexibility index (Phi) is 6.57. The number of allylic oxidation sites excluding steroid dienone is 4. The summed E-state index contributed by atoms with van der Waals surface area (Å²) in [6, 6.07) is 0. The van der Waals surface area contributed by atoms with Crippen LogP contribution in [-0.4, -0.2) is 58.3 Å². The van der Waals surface area contributed by atoms with E-state index in [9.17, 15) is 9.59 Å². The molecule has 0 radical (unpaired) electrons. The van der Waals surface area contributed by atoms with Crippen molar-refractivity contribution in [3.63, 3.8) is 0 Å². The molecule has 7 nitrogen and oxygen atoms in total. The first kappa shape index (κ1) is 22.0. The number of hydrogen-bond donors (Lipinski definition) is 0. The third kappa shape index (κ3) is 6.11. The van der Waals surface area contributed by atoms with Crippen LogP contribution in [0.4, 0.5) is 9.59 Å². The molecule has 1 aliphatic heterocycles. The van der Waals surface area contributed by atoms with Crippen LogP contribution in [0.25, 0.3) is 0 Å². The summed E-state index contributed by atoms with van der Waals surface area (Å²) in [5.41, 5.74) is 0.805. The molecule has 0 aromatic heterocycles. The van der Waals surface area contributed by atoms with Gasteiger partial charge in [-0.25, -0.2) is 14.6 Å².